The molecule has 0 radical (unpaired) electrons. The maximum atomic E-state index is 10.5. The molecule has 0 bridgehead atoms. The molecule has 0 aromatic carbocycles. The minimum absolute atomic E-state index is 0.0116. The average molecular weight is 315 g/mol. The zero-order valence-electron chi connectivity index (χ0n) is 14.0. The van der Waals surface area contributed by atoms with Crippen molar-refractivity contribution in [1.82, 2.24) is 0 Å². The molecule has 2 fully saturated rings. The molecular formula is C16H33N3O3. The third-order valence-corrected chi connectivity index (χ3v) is 5.52. The lowest BCUT2D eigenvalue weighted by Crippen LogP contribution is -2.59. The fourth-order valence-electron chi connectivity index (χ4n) is 3.55. The number of ether oxygens (including phenoxy) is 2. The van der Waals surface area contributed by atoms with Crippen LogP contribution >= 0.6 is 0 Å². The Bertz CT molecular complexity index is 358. The molecule has 22 heavy (non-hydrogen) atoms. The van der Waals surface area contributed by atoms with Crippen LogP contribution in [0.2, 0.25) is 0 Å². The van der Waals surface area contributed by atoms with E-state index in [2.05, 4.69) is 6.92 Å². The summed E-state index contributed by atoms with van der Waals surface area (Å²) in [4.78, 5) is 0. The SMILES string of the molecule is CC[C@@H](N)[C@@H]1CC[C@@H](N)[C@@H](O[C@H]2[C@H](O)[C@@H](C)[C@H](C)C[C@@H]2N)O1. The van der Waals surface area contributed by atoms with E-state index in [9.17, 15) is 5.11 Å². The maximum absolute atomic E-state index is 10.5. The van der Waals surface area contributed by atoms with Crippen molar-refractivity contribution in [2.24, 2.45) is 29.0 Å². The summed E-state index contributed by atoms with van der Waals surface area (Å²) in [5, 5.41) is 10.5. The van der Waals surface area contributed by atoms with E-state index in [1.165, 1.54) is 0 Å². The molecule has 7 N–H and O–H groups in total. The van der Waals surface area contributed by atoms with Gasteiger partial charge in [-0.3, -0.25) is 0 Å². The molecule has 0 aromatic heterocycles. The first-order chi connectivity index (χ1) is 10.3. The third-order valence-electron chi connectivity index (χ3n) is 5.52. The number of nitrogens with two attached hydrogens (primary N) is 3. The van der Waals surface area contributed by atoms with Gasteiger partial charge >= 0.3 is 0 Å². The quantitative estimate of drug-likeness (QED) is 0.593. The maximum Gasteiger partial charge on any atom is 0.173 e. The van der Waals surface area contributed by atoms with E-state index in [1.807, 2.05) is 13.8 Å². The van der Waals surface area contributed by atoms with Crippen LogP contribution in [0.1, 0.15) is 46.5 Å². The molecule has 1 saturated heterocycles. The Labute approximate surface area is 133 Å². The molecule has 130 valence electrons. The molecule has 9 atom stereocenters. The van der Waals surface area contributed by atoms with Gasteiger partial charge < -0.3 is 31.8 Å². The van der Waals surface area contributed by atoms with Crippen molar-refractivity contribution in [3.8, 4) is 0 Å². The van der Waals surface area contributed by atoms with Crippen LogP contribution in [0.25, 0.3) is 0 Å². The first-order valence-electron chi connectivity index (χ1n) is 8.60. The van der Waals surface area contributed by atoms with Crippen LogP contribution in [0.15, 0.2) is 0 Å². The van der Waals surface area contributed by atoms with Gasteiger partial charge in [0.25, 0.3) is 0 Å². The van der Waals surface area contributed by atoms with Gasteiger partial charge in [-0.15, -0.1) is 0 Å². The lowest BCUT2D eigenvalue weighted by Gasteiger charge is -2.45. The van der Waals surface area contributed by atoms with Crippen molar-refractivity contribution >= 4 is 0 Å². The van der Waals surface area contributed by atoms with E-state index in [0.29, 0.717) is 5.92 Å². The standard InChI is InChI=1S/C16H33N3O3/c1-4-10(17)13-6-5-11(18)16(21-13)22-15-12(19)7-8(2)9(3)14(15)20/h8-16,20H,4-7,17-19H2,1-3H3/t8-,9+,10-,11-,12+,13+,14-,15-,16-/m1/s1. The molecule has 6 nitrogen and oxygen atoms in total. The van der Waals surface area contributed by atoms with Gasteiger partial charge in [-0.1, -0.05) is 20.8 Å². The Hall–Kier alpha value is -0.240. The van der Waals surface area contributed by atoms with Crippen LogP contribution in [0.3, 0.4) is 0 Å². The van der Waals surface area contributed by atoms with Gasteiger partial charge in [-0.25, -0.2) is 0 Å². The van der Waals surface area contributed by atoms with Crippen LogP contribution in [0.4, 0.5) is 0 Å². The van der Waals surface area contributed by atoms with Gasteiger partial charge in [0.1, 0.15) is 6.10 Å². The van der Waals surface area contributed by atoms with E-state index in [4.69, 9.17) is 26.7 Å². The molecule has 1 heterocycles. The normalized spacial score (nSPS) is 48.1. The molecule has 2 rings (SSSR count). The first-order valence-corrected chi connectivity index (χ1v) is 8.60. The van der Waals surface area contributed by atoms with Crippen LogP contribution in [-0.4, -0.2) is 47.8 Å². The van der Waals surface area contributed by atoms with E-state index in [-0.39, 0.29) is 30.1 Å². The molecule has 0 aromatic rings. The number of aliphatic hydroxyl groups is 1. The summed E-state index contributed by atoms with van der Waals surface area (Å²) in [5.74, 6) is 0.533. The zero-order chi connectivity index (χ0) is 16.4. The molecule has 6 heteroatoms. The molecule has 0 unspecified atom stereocenters. The second-order valence-corrected chi connectivity index (χ2v) is 7.18. The largest absolute Gasteiger partial charge is 0.390 e. The molecule has 1 aliphatic heterocycles. The lowest BCUT2D eigenvalue weighted by atomic mass is 9.75. The molecule has 0 amide bonds. The predicted molar refractivity (Wildman–Crippen MR) is 85.9 cm³/mol. The van der Waals surface area contributed by atoms with Crippen molar-refractivity contribution in [3.05, 3.63) is 0 Å². The molecule has 2 aliphatic rings. The second-order valence-electron chi connectivity index (χ2n) is 7.18. The smallest absolute Gasteiger partial charge is 0.173 e. The van der Waals surface area contributed by atoms with Gasteiger partial charge in [0.05, 0.1) is 18.2 Å². The van der Waals surface area contributed by atoms with E-state index in [0.717, 1.165) is 25.7 Å². The Morgan fingerprint density at radius 1 is 1.23 bits per heavy atom. The fourth-order valence-corrected chi connectivity index (χ4v) is 3.55. The van der Waals surface area contributed by atoms with E-state index in [1.54, 1.807) is 0 Å². The van der Waals surface area contributed by atoms with Crippen molar-refractivity contribution in [2.45, 2.75) is 89.2 Å². The van der Waals surface area contributed by atoms with Crippen molar-refractivity contribution in [1.29, 1.82) is 0 Å². The summed E-state index contributed by atoms with van der Waals surface area (Å²) in [6.45, 7) is 6.19. The van der Waals surface area contributed by atoms with Crippen molar-refractivity contribution in [3.63, 3.8) is 0 Å². The zero-order valence-corrected chi connectivity index (χ0v) is 14.0. The Morgan fingerprint density at radius 2 is 1.91 bits per heavy atom. The minimum Gasteiger partial charge on any atom is -0.390 e. The highest BCUT2D eigenvalue weighted by atomic mass is 16.7. The molecular weight excluding hydrogens is 282 g/mol. The molecule has 1 saturated carbocycles. The van der Waals surface area contributed by atoms with E-state index < -0.39 is 18.5 Å². The van der Waals surface area contributed by atoms with Gasteiger partial charge in [0, 0.05) is 12.1 Å². The average Bonchev–Trinajstić information content (AvgIpc) is 2.50. The summed E-state index contributed by atoms with van der Waals surface area (Å²) in [6, 6.07) is -0.408. The lowest BCUT2D eigenvalue weighted by molar-refractivity contribution is -0.253. The third kappa shape index (κ3) is 3.80. The minimum atomic E-state index is -0.588. The first kappa shape index (κ1) is 18.1. The fraction of sp³-hybridized carbons (Fsp3) is 1.00. The topological polar surface area (TPSA) is 117 Å². The summed E-state index contributed by atoms with van der Waals surface area (Å²) < 4.78 is 12.0. The monoisotopic (exact) mass is 315 g/mol. The van der Waals surface area contributed by atoms with Crippen LogP contribution in [0, 0.1) is 11.8 Å². The summed E-state index contributed by atoms with van der Waals surface area (Å²) in [6.07, 6.45) is 1.75. The summed E-state index contributed by atoms with van der Waals surface area (Å²) in [7, 11) is 0. The number of rotatable bonds is 4. The Morgan fingerprint density at radius 3 is 2.55 bits per heavy atom. The van der Waals surface area contributed by atoms with Crippen molar-refractivity contribution < 1.29 is 14.6 Å². The van der Waals surface area contributed by atoms with Crippen LogP contribution in [-0.2, 0) is 9.47 Å². The number of hydrogen-bond acceptors (Lipinski definition) is 6. The van der Waals surface area contributed by atoms with Gasteiger partial charge in [0.2, 0.25) is 0 Å². The van der Waals surface area contributed by atoms with Gasteiger partial charge in [-0.05, 0) is 37.5 Å². The highest BCUT2D eigenvalue weighted by molar-refractivity contribution is 4.93. The van der Waals surface area contributed by atoms with Crippen LogP contribution < -0.4 is 17.2 Å². The van der Waals surface area contributed by atoms with Gasteiger partial charge in [-0.2, -0.15) is 0 Å². The van der Waals surface area contributed by atoms with Crippen molar-refractivity contribution in [2.75, 3.05) is 0 Å². The molecule has 0 spiro atoms. The Kier molecular flexibility index (Phi) is 6.22. The predicted octanol–water partition coefficient (Wildman–Crippen LogP) is 0.305. The summed E-state index contributed by atoms with van der Waals surface area (Å²) >= 11 is 0. The number of aliphatic hydroxyl groups excluding tert-OH is 1. The van der Waals surface area contributed by atoms with Crippen LogP contribution in [0.5, 0.6) is 0 Å². The second kappa shape index (κ2) is 7.55. The molecule has 1 aliphatic carbocycles. The summed E-state index contributed by atoms with van der Waals surface area (Å²) in [5.41, 5.74) is 18.4. The highest BCUT2D eigenvalue weighted by Crippen LogP contribution is 2.33. The Balaban J connectivity index is 2.01. The highest BCUT2D eigenvalue weighted by Gasteiger charge is 2.43. The van der Waals surface area contributed by atoms with Gasteiger partial charge in [0.15, 0.2) is 6.29 Å². The van der Waals surface area contributed by atoms with E-state index >= 15 is 0 Å². The number of hydrogen-bond donors (Lipinski definition) is 4.